The summed E-state index contributed by atoms with van der Waals surface area (Å²) in [5.41, 5.74) is 4.39. The first kappa shape index (κ1) is 13.9. The number of nitrogens with zero attached hydrogens (tertiary/aromatic N) is 2. The minimum atomic E-state index is -0.514. The number of benzene rings is 2. The third-order valence-corrected chi connectivity index (χ3v) is 3.58. The lowest BCUT2D eigenvalue weighted by Gasteiger charge is -2.11. The molecule has 2 aromatic carbocycles. The summed E-state index contributed by atoms with van der Waals surface area (Å²) in [6.07, 6.45) is 0. The smallest absolute Gasteiger partial charge is 0.270 e. The van der Waals surface area contributed by atoms with Gasteiger partial charge in [0.1, 0.15) is 5.71 Å². The van der Waals surface area contributed by atoms with Gasteiger partial charge in [0.05, 0.1) is 10.8 Å². The number of nitro groups is 1. The SMILES string of the molecule is O=C(C1=NNC[C@@H]1c1ccccc1)c1cccc([N+](=O)[O-])c1. The second-order valence-corrected chi connectivity index (χ2v) is 4.96. The number of carbonyl (C=O) groups is 1. The fourth-order valence-electron chi connectivity index (χ4n) is 2.48. The molecule has 0 aromatic heterocycles. The number of nitro benzene ring substituents is 1. The monoisotopic (exact) mass is 295 g/mol. The molecule has 22 heavy (non-hydrogen) atoms. The number of carbonyl (C=O) groups excluding carboxylic acids is 1. The van der Waals surface area contributed by atoms with Gasteiger partial charge < -0.3 is 5.43 Å². The quantitative estimate of drug-likeness (QED) is 0.533. The van der Waals surface area contributed by atoms with E-state index in [0.717, 1.165) is 5.56 Å². The van der Waals surface area contributed by atoms with E-state index in [-0.39, 0.29) is 23.0 Å². The molecule has 0 unspecified atom stereocenters. The lowest BCUT2D eigenvalue weighted by molar-refractivity contribution is -0.384. The van der Waals surface area contributed by atoms with Crippen molar-refractivity contribution in [1.29, 1.82) is 0 Å². The molecule has 0 amide bonds. The van der Waals surface area contributed by atoms with Crippen LogP contribution in [0.15, 0.2) is 59.7 Å². The molecule has 1 N–H and O–H groups in total. The van der Waals surface area contributed by atoms with Gasteiger partial charge in [0.15, 0.2) is 0 Å². The molecule has 1 atom stereocenters. The first-order valence-electron chi connectivity index (χ1n) is 6.81. The lowest BCUT2D eigenvalue weighted by atomic mass is 9.90. The normalized spacial score (nSPS) is 16.7. The number of hydrogen-bond acceptors (Lipinski definition) is 5. The standard InChI is InChI=1S/C16H13N3O3/c20-16(12-7-4-8-13(9-12)19(21)22)15-14(10-17-18-15)11-5-2-1-3-6-11/h1-9,14,17H,10H2/t14-/m1/s1. The van der Waals surface area contributed by atoms with Gasteiger partial charge in [-0.05, 0) is 5.56 Å². The van der Waals surface area contributed by atoms with Crippen molar-refractivity contribution in [2.24, 2.45) is 5.10 Å². The molecule has 0 spiro atoms. The molecule has 0 bridgehead atoms. The third kappa shape index (κ3) is 2.58. The summed E-state index contributed by atoms with van der Waals surface area (Å²) in [4.78, 5) is 22.9. The first-order valence-corrected chi connectivity index (χ1v) is 6.81. The third-order valence-electron chi connectivity index (χ3n) is 3.58. The molecule has 6 heteroatoms. The van der Waals surface area contributed by atoms with E-state index in [1.54, 1.807) is 6.07 Å². The highest BCUT2D eigenvalue weighted by Crippen LogP contribution is 2.23. The maximum atomic E-state index is 12.6. The van der Waals surface area contributed by atoms with Crippen molar-refractivity contribution in [2.45, 2.75) is 5.92 Å². The van der Waals surface area contributed by atoms with E-state index >= 15 is 0 Å². The van der Waals surface area contributed by atoms with E-state index in [2.05, 4.69) is 10.5 Å². The van der Waals surface area contributed by atoms with Gasteiger partial charge >= 0.3 is 0 Å². The fourth-order valence-corrected chi connectivity index (χ4v) is 2.48. The molecular weight excluding hydrogens is 282 g/mol. The molecule has 1 aliphatic rings. The maximum Gasteiger partial charge on any atom is 0.270 e. The van der Waals surface area contributed by atoms with Gasteiger partial charge in [-0.25, -0.2) is 0 Å². The predicted octanol–water partition coefficient (Wildman–Crippen LogP) is 2.52. The summed E-state index contributed by atoms with van der Waals surface area (Å²) >= 11 is 0. The summed E-state index contributed by atoms with van der Waals surface area (Å²) in [5.74, 6) is -0.435. The Morgan fingerprint density at radius 1 is 1.18 bits per heavy atom. The second-order valence-electron chi connectivity index (χ2n) is 4.96. The van der Waals surface area contributed by atoms with Crippen LogP contribution in [0.25, 0.3) is 0 Å². The van der Waals surface area contributed by atoms with Crippen molar-refractivity contribution in [3.8, 4) is 0 Å². The maximum absolute atomic E-state index is 12.6. The summed E-state index contributed by atoms with van der Waals surface area (Å²) in [6, 6.07) is 15.3. The Morgan fingerprint density at radius 3 is 2.68 bits per heavy atom. The molecule has 0 aliphatic carbocycles. The van der Waals surface area contributed by atoms with Crippen LogP contribution in [0.2, 0.25) is 0 Å². The molecule has 0 radical (unpaired) electrons. The number of ketones is 1. The van der Waals surface area contributed by atoms with Crippen LogP contribution in [0, 0.1) is 10.1 Å². The highest BCUT2D eigenvalue weighted by Gasteiger charge is 2.29. The summed E-state index contributed by atoms with van der Waals surface area (Å²) in [5, 5.41) is 14.9. The van der Waals surface area contributed by atoms with Gasteiger partial charge in [0.2, 0.25) is 5.78 Å². The average molecular weight is 295 g/mol. The summed E-state index contributed by atoms with van der Waals surface area (Å²) < 4.78 is 0. The van der Waals surface area contributed by atoms with E-state index in [4.69, 9.17) is 0 Å². The molecule has 3 rings (SSSR count). The van der Waals surface area contributed by atoms with Gasteiger partial charge in [-0.15, -0.1) is 0 Å². The van der Waals surface area contributed by atoms with Crippen molar-refractivity contribution in [3.05, 3.63) is 75.8 Å². The Bertz CT molecular complexity index is 756. The Kier molecular flexibility index (Phi) is 3.65. The number of hydrazone groups is 1. The van der Waals surface area contributed by atoms with Crippen LogP contribution in [0.3, 0.4) is 0 Å². The molecular formula is C16H13N3O3. The Labute approximate surface area is 126 Å². The van der Waals surface area contributed by atoms with Gasteiger partial charge in [-0.2, -0.15) is 5.10 Å². The number of rotatable bonds is 4. The van der Waals surface area contributed by atoms with Gasteiger partial charge in [0, 0.05) is 24.2 Å². The van der Waals surface area contributed by atoms with Crippen LogP contribution in [-0.4, -0.2) is 23.0 Å². The molecule has 1 heterocycles. The topological polar surface area (TPSA) is 84.6 Å². The van der Waals surface area contributed by atoms with E-state index in [0.29, 0.717) is 12.3 Å². The van der Waals surface area contributed by atoms with Crippen LogP contribution in [0.1, 0.15) is 21.8 Å². The molecule has 0 saturated carbocycles. The molecule has 0 fully saturated rings. The van der Waals surface area contributed by atoms with Gasteiger partial charge in [-0.3, -0.25) is 14.9 Å². The second kappa shape index (κ2) is 5.77. The highest BCUT2D eigenvalue weighted by molar-refractivity contribution is 6.48. The van der Waals surface area contributed by atoms with Crippen molar-refractivity contribution < 1.29 is 9.72 Å². The van der Waals surface area contributed by atoms with Crippen LogP contribution in [0.5, 0.6) is 0 Å². The number of Topliss-reactive ketones (excluding diaryl/α,β-unsaturated/α-hetero) is 1. The number of nitrogens with one attached hydrogen (secondary N) is 1. The molecule has 6 nitrogen and oxygen atoms in total. The zero-order chi connectivity index (χ0) is 15.5. The Balaban J connectivity index is 1.91. The van der Waals surface area contributed by atoms with Gasteiger partial charge in [-0.1, -0.05) is 42.5 Å². The van der Waals surface area contributed by atoms with Crippen LogP contribution < -0.4 is 5.43 Å². The van der Waals surface area contributed by atoms with Crippen LogP contribution in [-0.2, 0) is 0 Å². The molecule has 2 aromatic rings. The van der Waals surface area contributed by atoms with Crippen LogP contribution in [0.4, 0.5) is 5.69 Å². The minimum absolute atomic E-state index is 0.103. The Morgan fingerprint density at radius 2 is 1.95 bits per heavy atom. The van der Waals surface area contributed by atoms with E-state index in [1.165, 1.54) is 18.2 Å². The highest BCUT2D eigenvalue weighted by atomic mass is 16.6. The first-order chi connectivity index (χ1) is 10.7. The minimum Gasteiger partial charge on any atom is -0.309 e. The van der Waals surface area contributed by atoms with E-state index < -0.39 is 4.92 Å². The van der Waals surface area contributed by atoms with Gasteiger partial charge in [0.25, 0.3) is 5.69 Å². The van der Waals surface area contributed by atoms with Crippen molar-refractivity contribution in [2.75, 3.05) is 6.54 Å². The molecule has 1 aliphatic heterocycles. The van der Waals surface area contributed by atoms with Crippen molar-refractivity contribution in [3.63, 3.8) is 0 Å². The van der Waals surface area contributed by atoms with E-state index in [1.807, 2.05) is 30.3 Å². The largest absolute Gasteiger partial charge is 0.309 e. The molecule has 110 valence electrons. The van der Waals surface area contributed by atoms with E-state index in [9.17, 15) is 14.9 Å². The number of non-ortho nitro benzene ring substituents is 1. The molecule has 0 saturated heterocycles. The van der Waals surface area contributed by atoms with Crippen molar-refractivity contribution in [1.82, 2.24) is 5.43 Å². The van der Waals surface area contributed by atoms with Crippen molar-refractivity contribution >= 4 is 17.2 Å². The zero-order valence-electron chi connectivity index (χ0n) is 11.6. The number of hydrogen-bond donors (Lipinski definition) is 1. The average Bonchev–Trinajstić information content (AvgIpc) is 3.04. The fraction of sp³-hybridized carbons (Fsp3) is 0.125. The summed E-state index contributed by atoms with van der Waals surface area (Å²) in [7, 11) is 0. The summed E-state index contributed by atoms with van der Waals surface area (Å²) in [6.45, 7) is 0.542. The lowest BCUT2D eigenvalue weighted by Crippen LogP contribution is -2.21. The predicted molar refractivity (Wildman–Crippen MR) is 82.0 cm³/mol. The zero-order valence-corrected chi connectivity index (χ0v) is 11.6. The Hall–Kier alpha value is -3.02. The van der Waals surface area contributed by atoms with Crippen LogP contribution >= 0.6 is 0 Å².